The van der Waals surface area contributed by atoms with Crippen molar-refractivity contribution >= 4 is 11.6 Å². The molecule has 35 heavy (non-hydrogen) atoms. The maximum Gasteiger partial charge on any atom is 0.122 e. The molecule has 0 radical (unpaired) electrons. The van der Waals surface area contributed by atoms with Crippen LogP contribution in [0.5, 0.6) is 11.5 Å². The molecule has 2 aromatic rings. The third-order valence-electron chi connectivity index (χ3n) is 5.88. The molecule has 0 spiro atoms. The highest BCUT2D eigenvalue weighted by molar-refractivity contribution is 6.18. The average Bonchev–Trinajstić information content (AvgIpc) is 2.82. The van der Waals surface area contributed by atoms with Crippen LogP contribution < -0.4 is 21.1 Å². The summed E-state index contributed by atoms with van der Waals surface area (Å²) in [5, 5.41) is 30.4. The number of aryl methyl sites for hydroxylation is 1. The third kappa shape index (κ3) is 8.02. The van der Waals surface area contributed by atoms with Crippen LogP contribution in [0.2, 0.25) is 0 Å². The zero-order valence-corrected chi connectivity index (χ0v) is 21.6. The average molecular weight is 508 g/mol. The van der Waals surface area contributed by atoms with Crippen LogP contribution in [0.3, 0.4) is 0 Å². The Kier molecular flexibility index (Phi) is 10.7. The SMILES string of the molecule is C/C(N)=C(\CO)N(N)CC(O)COc1ccc(C(C)(C)c2ccc(OCC(O)CCl)c(C)c2)cc1. The van der Waals surface area contributed by atoms with Gasteiger partial charge < -0.3 is 35.5 Å². The molecule has 194 valence electrons. The second-order valence-corrected chi connectivity index (χ2v) is 9.46. The van der Waals surface area contributed by atoms with Crippen molar-refractivity contribution in [3.63, 3.8) is 0 Å². The van der Waals surface area contributed by atoms with E-state index < -0.39 is 12.2 Å². The lowest BCUT2D eigenvalue weighted by Gasteiger charge is -2.27. The number of alkyl halides is 1. The zero-order valence-electron chi connectivity index (χ0n) is 20.9. The highest BCUT2D eigenvalue weighted by Gasteiger charge is 2.24. The molecule has 0 saturated carbocycles. The van der Waals surface area contributed by atoms with Gasteiger partial charge in [-0.1, -0.05) is 38.1 Å². The number of nitrogens with zero attached hydrogens (tertiary/aromatic N) is 1. The summed E-state index contributed by atoms with van der Waals surface area (Å²) in [4.78, 5) is 0. The molecule has 2 atom stereocenters. The number of hydrogen-bond acceptors (Lipinski definition) is 8. The summed E-state index contributed by atoms with van der Waals surface area (Å²) in [5.74, 6) is 7.34. The first-order valence-electron chi connectivity index (χ1n) is 11.5. The van der Waals surface area contributed by atoms with Crippen molar-refractivity contribution in [2.24, 2.45) is 11.6 Å². The van der Waals surface area contributed by atoms with Gasteiger partial charge in [-0.2, -0.15) is 0 Å². The number of allylic oxidation sites excluding steroid dienone is 1. The van der Waals surface area contributed by atoms with Gasteiger partial charge in [0, 0.05) is 11.1 Å². The molecule has 7 N–H and O–H groups in total. The van der Waals surface area contributed by atoms with Crippen LogP contribution in [0.25, 0.3) is 0 Å². The second-order valence-electron chi connectivity index (χ2n) is 9.15. The number of aliphatic hydroxyl groups is 3. The van der Waals surface area contributed by atoms with E-state index in [1.807, 2.05) is 43.3 Å². The van der Waals surface area contributed by atoms with Crippen molar-refractivity contribution in [2.45, 2.75) is 45.3 Å². The lowest BCUT2D eigenvalue weighted by atomic mass is 9.77. The number of nitrogens with two attached hydrogens (primary N) is 2. The quantitative estimate of drug-likeness (QED) is 0.158. The van der Waals surface area contributed by atoms with Crippen molar-refractivity contribution < 1.29 is 24.8 Å². The smallest absolute Gasteiger partial charge is 0.122 e. The van der Waals surface area contributed by atoms with Crippen LogP contribution in [0.4, 0.5) is 0 Å². The number of hydrazine groups is 1. The van der Waals surface area contributed by atoms with Crippen molar-refractivity contribution in [1.82, 2.24) is 5.01 Å². The van der Waals surface area contributed by atoms with Gasteiger partial charge in [0.2, 0.25) is 0 Å². The lowest BCUT2D eigenvalue weighted by molar-refractivity contribution is 0.0741. The van der Waals surface area contributed by atoms with Crippen LogP contribution in [0, 0.1) is 6.92 Å². The predicted molar refractivity (Wildman–Crippen MR) is 138 cm³/mol. The number of rotatable bonds is 13. The summed E-state index contributed by atoms with van der Waals surface area (Å²) in [7, 11) is 0. The molecular weight excluding hydrogens is 470 g/mol. The summed E-state index contributed by atoms with van der Waals surface area (Å²) >= 11 is 5.63. The molecule has 0 aliphatic heterocycles. The molecule has 2 aromatic carbocycles. The summed E-state index contributed by atoms with van der Waals surface area (Å²) in [5.41, 5.74) is 9.36. The highest BCUT2D eigenvalue weighted by atomic mass is 35.5. The molecule has 0 saturated heterocycles. The Morgan fingerprint density at radius 1 is 1.03 bits per heavy atom. The molecule has 0 amide bonds. The Hall–Kier alpha value is -2.49. The van der Waals surface area contributed by atoms with Gasteiger partial charge in [-0.05, 0) is 48.7 Å². The Labute approximate surface area is 212 Å². The van der Waals surface area contributed by atoms with E-state index >= 15 is 0 Å². The molecule has 0 fully saturated rings. The largest absolute Gasteiger partial charge is 0.491 e. The maximum atomic E-state index is 10.2. The van der Waals surface area contributed by atoms with Crippen LogP contribution in [0.1, 0.15) is 37.5 Å². The summed E-state index contributed by atoms with van der Waals surface area (Å²) in [6.07, 6.45) is -1.57. The van der Waals surface area contributed by atoms with Gasteiger partial charge in [0.05, 0.1) is 24.7 Å². The molecule has 2 unspecified atom stereocenters. The predicted octanol–water partition coefficient (Wildman–Crippen LogP) is 2.40. The number of halogens is 1. The van der Waals surface area contributed by atoms with E-state index in [1.54, 1.807) is 6.92 Å². The van der Waals surface area contributed by atoms with Gasteiger partial charge in [0.25, 0.3) is 0 Å². The van der Waals surface area contributed by atoms with Gasteiger partial charge in [0.1, 0.15) is 36.9 Å². The Morgan fingerprint density at radius 3 is 2.17 bits per heavy atom. The van der Waals surface area contributed by atoms with Crippen molar-refractivity contribution in [3.05, 3.63) is 70.5 Å². The minimum Gasteiger partial charge on any atom is -0.491 e. The van der Waals surface area contributed by atoms with Crippen molar-refractivity contribution in [1.29, 1.82) is 0 Å². The van der Waals surface area contributed by atoms with Gasteiger partial charge in [0.15, 0.2) is 0 Å². The first kappa shape index (κ1) is 28.7. The number of benzene rings is 2. The summed E-state index contributed by atoms with van der Waals surface area (Å²) < 4.78 is 11.4. The molecule has 0 aromatic heterocycles. The van der Waals surface area contributed by atoms with Crippen LogP contribution in [0.15, 0.2) is 53.9 Å². The number of ether oxygens (including phenoxy) is 2. The van der Waals surface area contributed by atoms with E-state index in [0.29, 0.717) is 17.1 Å². The van der Waals surface area contributed by atoms with Crippen LogP contribution >= 0.6 is 11.6 Å². The Balaban J connectivity index is 2.01. The molecular formula is C26H38ClN3O5. The Bertz CT molecular complexity index is 977. The number of hydrogen-bond donors (Lipinski definition) is 5. The first-order valence-corrected chi connectivity index (χ1v) is 12.0. The summed E-state index contributed by atoms with van der Waals surface area (Å²) in [6, 6.07) is 13.7. The first-order chi connectivity index (χ1) is 16.5. The molecule has 8 nitrogen and oxygen atoms in total. The standard InChI is InChI=1S/C26H38ClN3O5/c1-17-11-20(7-10-25(17)35-15-21(32)12-27)26(3,4)19-5-8-23(9-6-19)34-16-22(33)13-30(29)24(14-31)18(2)28/h5-11,21-22,31-33H,12-16,28-29H2,1-4H3/b24-18-. The van der Waals surface area contributed by atoms with E-state index in [2.05, 4.69) is 19.9 Å². The molecule has 2 rings (SSSR count). The topological polar surface area (TPSA) is 134 Å². The van der Waals surface area contributed by atoms with Gasteiger partial charge in [-0.3, -0.25) is 0 Å². The van der Waals surface area contributed by atoms with E-state index in [-0.39, 0.29) is 37.7 Å². The van der Waals surface area contributed by atoms with E-state index in [9.17, 15) is 15.3 Å². The summed E-state index contributed by atoms with van der Waals surface area (Å²) in [6.45, 7) is 7.84. The van der Waals surface area contributed by atoms with Crippen LogP contribution in [-0.4, -0.2) is 64.8 Å². The highest BCUT2D eigenvalue weighted by Crippen LogP contribution is 2.34. The van der Waals surface area contributed by atoms with E-state index in [0.717, 1.165) is 22.4 Å². The van der Waals surface area contributed by atoms with Gasteiger partial charge >= 0.3 is 0 Å². The van der Waals surface area contributed by atoms with Gasteiger partial charge in [-0.15, -0.1) is 11.6 Å². The minimum absolute atomic E-state index is 0.0395. The molecule has 0 aliphatic carbocycles. The Morgan fingerprint density at radius 2 is 1.63 bits per heavy atom. The van der Waals surface area contributed by atoms with Crippen LogP contribution in [-0.2, 0) is 5.41 Å². The fourth-order valence-electron chi connectivity index (χ4n) is 3.59. The van der Waals surface area contributed by atoms with Crippen molar-refractivity contribution in [3.8, 4) is 11.5 Å². The fraction of sp³-hybridized carbons (Fsp3) is 0.462. The minimum atomic E-state index is -0.869. The molecule has 0 bridgehead atoms. The molecule has 9 heteroatoms. The molecule has 0 aliphatic rings. The van der Waals surface area contributed by atoms with E-state index in [4.69, 9.17) is 32.7 Å². The number of aliphatic hydroxyl groups excluding tert-OH is 3. The fourth-order valence-corrected chi connectivity index (χ4v) is 3.68. The normalized spacial score (nSPS) is 14.2. The zero-order chi connectivity index (χ0) is 26.2. The third-order valence-corrected chi connectivity index (χ3v) is 6.24. The van der Waals surface area contributed by atoms with Gasteiger partial charge in [-0.25, -0.2) is 5.84 Å². The second kappa shape index (κ2) is 13.0. The lowest BCUT2D eigenvalue weighted by Crippen LogP contribution is -2.41. The monoisotopic (exact) mass is 507 g/mol. The van der Waals surface area contributed by atoms with Crippen molar-refractivity contribution in [2.75, 3.05) is 32.2 Å². The maximum absolute atomic E-state index is 10.2. The van der Waals surface area contributed by atoms with E-state index in [1.165, 1.54) is 5.01 Å². The molecule has 0 heterocycles.